The van der Waals surface area contributed by atoms with E-state index in [1.54, 1.807) is 7.11 Å². The number of carbonyl (C=O) groups excluding carboxylic acids is 1. The number of ether oxygens (including phenoxy) is 3. The second kappa shape index (κ2) is 8.81. The summed E-state index contributed by atoms with van der Waals surface area (Å²) in [7, 11) is 3.44. The Bertz CT molecular complexity index is 539. The SMILES string of the molecule is COCCCNC(=O)CN(C)Cc1cc(F)cc2c1OCOC2. The summed E-state index contributed by atoms with van der Waals surface area (Å²) in [6.07, 6.45) is 0.775. The molecule has 1 aromatic carbocycles. The molecule has 0 unspecified atom stereocenters. The highest BCUT2D eigenvalue weighted by Gasteiger charge is 2.18. The van der Waals surface area contributed by atoms with E-state index in [1.807, 2.05) is 11.9 Å². The molecule has 0 saturated heterocycles. The largest absolute Gasteiger partial charge is 0.467 e. The number of nitrogens with zero attached hydrogens (tertiary/aromatic N) is 1. The predicted octanol–water partition coefficient (Wildman–Crippen LogP) is 1.28. The van der Waals surface area contributed by atoms with E-state index < -0.39 is 0 Å². The summed E-state index contributed by atoms with van der Waals surface area (Å²) in [6, 6.07) is 2.86. The van der Waals surface area contributed by atoms with Crippen molar-refractivity contribution in [3.05, 3.63) is 29.1 Å². The van der Waals surface area contributed by atoms with Crippen LogP contribution in [0.25, 0.3) is 0 Å². The maximum absolute atomic E-state index is 13.7. The van der Waals surface area contributed by atoms with Crippen molar-refractivity contribution >= 4 is 5.91 Å². The number of hydrogen-bond donors (Lipinski definition) is 1. The van der Waals surface area contributed by atoms with Crippen molar-refractivity contribution in [2.45, 2.75) is 19.6 Å². The summed E-state index contributed by atoms with van der Waals surface area (Å²) < 4.78 is 29.3. The number of carbonyl (C=O) groups is 1. The third kappa shape index (κ3) is 5.46. The summed E-state index contributed by atoms with van der Waals surface area (Å²) in [6.45, 7) is 2.35. The van der Waals surface area contributed by atoms with Crippen LogP contribution in [0.2, 0.25) is 0 Å². The number of amides is 1. The molecule has 0 aliphatic carbocycles. The maximum Gasteiger partial charge on any atom is 0.234 e. The van der Waals surface area contributed by atoms with Crippen molar-refractivity contribution in [3.8, 4) is 5.75 Å². The van der Waals surface area contributed by atoms with Gasteiger partial charge in [0, 0.05) is 37.9 Å². The van der Waals surface area contributed by atoms with Gasteiger partial charge in [-0.05, 0) is 25.6 Å². The summed E-state index contributed by atoms with van der Waals surface area (Å²) in [5.74, 6) is 0.258. The minimum absolute atomic E-state index is 0.0712. The number of hydrogen-bond acceptors (Lipinski definition) is 5. The van der Waals surface area contributed by atoms with Gasteiger partial charge in [-0.1, -0.05) is 0 Å². The standard InChI is InChI=1S/C16H23FN2O4/c1-19(9-15(20)18-4-3-5-21-2)8-12-6-14(17)7-13-10-22-11-23-16(12)13/h6-7H,3-5,8-11H2,1-2H3,(H,18,20). The molecule has 128 valence electrons. The van der Waals surface area contributed by atoms with Crippen LogP contribution in [0, 0.1) is 5.82 Å². The van der Waals surface area contributed by atoms with Gasteiger partial charge in [0.2, 0.25) is 5.91 Å². The number of fused-ring (bicyclic) bond motifs is 1. The molecule has 1 aliphatic heterocycles. The fourth-order valence-corrected chi connectivity index (χ4v) is 2.47. The number of halogens is 1. The lowest BCUT2D eigenvalue weighted by Gasteiger charge is -2.23. The van der Waals surface area contributed by atoms with Crippen LogP contribution in [0.5, 0.6) is 5.75 Å². The zero-order valence-corrected chi connectivity index (χ0v) is 13.6. The van der Waals surface area contributed by atoms with E-state index in [9.17, 15) is 9.18 Å². The zero-order valence-electron chi connectivity index (χ0n) is 13.6. The molecule has 0 bridgehead atoms. The highest BCUT2D eigenvalue weighted by molar-refractivity contribution is 5.77. The van der Waals surface area contributed by atoms with Gasteiger partial charge < -0.3 is 19.5 Å². The Labute approximate surface area is 135 Å². The van der Waals surface area contributed by atoms with Crippen molar-refractivity contribution in [2.75, 3.05) is 40.6 Å². The predicted molar refractivity (Wildman–Crippen MR) is 82.5 cm³/mol. The number of likely N-dealkylation sites (N-methyl/N-ethyl adjacent to an activating group) is 1. The van der Waals surface area contributed by atoms with Crippen molar-refractivity contribution in [3.63, 3.8) is 0 Å². The van der Waals surface area contributed by atoms with E-state index in [0.29, 0.717) is 37.6 Å². The van der Waals surface area contributed by atoms with Crippen molar-refractivity contribution < 1.29 is 23.4 Å². The Balaban J connectivity index is 1.89. The van der Waals surface area contributed by atoms with Crippen LogP contribution in [0.15, 0.2) is 12.1 Å². The Morgan fingerprint density at radius 3 is 3.09 bits per heavy atom. The van der Waals surface area contributed by atoms with Gasteiger partial charge in [-0.25, -0.2) is 4.39 Å². The van der Waals surface area contributed by atoms with Crippen LogP contribution < -0.4 is 10.1 Å². The van der Waals surface area contributed by atoms with Gasteiger partial charge >= 0.3 is 0 Å². The van der Waals surface area contributed by atoms with Crippen molar-refractivity contribution in [2.24, 2.45) is 0 Å². The minimum atomic E-state index is -0.328. The summed E-state index contributed by atoms with van der Waals surface area (Å²) in [4.78, 5) is 13.7. The molecule has 0 atom stereocenters. The van der Waals surface area contributed by atoms with Crippen LogP contribution in [-0.2, 0) is 27.4 Å². The molecule has 1 aromatic rings. The summed E-state index contributed by atoms with van der Waals surface area (Å²) in [5, 5.41) is 2.82. The first-order valence-electron chi connectivity index (χ1n) is 7.56. The molecule has 1 amide bonds. The van der Waals surface area contributed by atoms with Gasteiger partial charge in [-0.2, -0.15) is 0 Å². The van der Waals surface area contributed by atoms with Crippen LogP contribution in [0.1, 0.15) is 17.5 Å². The highest BCUT2D eigenvalue weighted by Crippen LogP contribution is 2.30. The average molecular weight is 326 g/mol. The Morgan fingerprint density at radius 1 is 1.48 bits per heavy atom. The molecule has 7 heteroatoms. The third-order valence-electron chi connectivity index (χ3n) is 3.45. The van der Waals surface area contributed by atoms with Crippen molar-refractivity contribution in [1.29, 1.82) is 0 Å². The molecular weight excluding hydrogens is 303 g/mol. The lowest BCUT2D eigenvalue weighted by molar-refractivity contribution is -0.122. The van der Waals surface area contributed by atoms with E-state index in [4.69, 9.17) is 14.2 Å². The zero-order chi connectivity index (χ0) is 16.7. The summed E-state index contributed by atoms with van der Waals surface area (Å²) in [5.41, 5.74) is 1.42. The van der Waals surface area contributed by atoms with Gasteiger partial charge in [0.05, 0.1) is 13.2 Å². The molecule has 1 heterocycles. The number of benzene rings is 1. The molecule has 0 saturated carbocycles. The fraction of sp³-hybridized carbons (Fsp3) is 0.562. The Hall–Kier alpha value is -1.70. The fourth-order valence-electron chi connectivity index (χ4n) is 2.47. The molecule has 23 heavy (non-hydrogen) atoms. The minimum Gasteiger partial charge on any atom is -0.467 e. The number of methoxy groups -OCH3 is 1. The molecule has 0 aromatic heterocycles. The molecular formula is C16H23FN2O4. The first-order chi connectivity index (χ1) is 11.1. The topological polar surface area (TPSA) is 60.0 Å². The first-order valence-corrected chi connectivity index (χ1v) is 7.56. The van der Waals surface area contributed by atoms with E-state index in [0.717, 1.165) is 12.0 Å². The van der Waals surface area contributed by atoms with Crippen LogP contribution in [-0.4, -0.2) is 51.5 Å². The highest BCUT2D eigenvalue weighted by atomic mass is 19.1. The van der Waals surface area contributed by atoms with Gasteiger partial charge in [-0.3, -0.25) is 9.69 Å². The first kappa shape index (κ1) is 17.7. The quantitative estimate of drug-likeness (QED) is 0.729. The van der Waals surface area contributed by atoms with Gasteiger partial charge in [-0.15, -0.1) is 0 Å². The van der Waals surface area contributed by atoms with E-state index >= 15 is 0 Å². The summed E-state index contributed by atoms with van der Waals surface area (Å²) >= 11 is 0. The normalized spacial score (nSPS) is 13.6. The molecule has 0 fully saturated rings. The van der Waals surface area contributed by atoms with Crippen LogP contribution in [0.3, 0.4) is 0 Å². The maximum atomic E-state index is 13.7. The van der Waals surface area contributed by atoms with Gasteiger partial charge in [0.1, 0.15) is 11.6 Å². The second-order valence-corrected chi connectivity index (χ2v) is 5.53. The second-order valence-electron chi connectivity index (χ2n) is 5.53. The number of rotatable bonds is 8. The van der Waals surface area contributed by atoms with Crippen LogP contribution in [0.4, 0.5) is 4.39 Å². The van der Waals surface area contributed by atoms with E-state index in [2.05, 4.69) is 5.32 Å². The smallest absolute Gasteiger partial charge is 0.234 e. The lowest BCUT2D eigenvalue weighted by Crippen LogP contribution is -2.35. The van der Waals surface area contributed by atoms with Crippen LogP contribution >= 0.6 is 0 Å². The van der Waals surface area contributed by atoms with Crippen molar-refractivity contribution in [1.82, 2.24) is 10.2 Å². The molecule has 0 radical (unpaired) electrons. The lowest BCUT2D eigenvalue weighted by atomic mass is 10.1. The Morgan fingerprint density at radius 2 is 2.30 bits per heavy atom. The van der Waals surface area contributed by atoms with Gasteiger partial charge in [0.15, 0.2) is 6.79 Å². The molecule has 6 nitrogen and oxygen atoms in total. The molecule has 0 spiro atoms. The van der Waals surface area contributed by atoms with E-state index in [1.165, 1.54) is 12.1 Å². The molecule has 2 rings (SSSR count). The van der Waals surface area contributed by atoms with E-state index in [-0.39, 0.29) is 25.1 Å². The number of nitrogens with one attached hydrogen (secondary N) is 1. The van der Waals surface area contributed by atoms with Gasteiger partial charge in [0.25, 0.3) is 0 Å². The monoisotopic (exact) mass is 326 g/mol. The third-order valence-corrected chi connectivity index (χ3v) is 3.45. The molecule has 1 aliphatic rings. The molecule has 1 N–H and O–H groups in total. The average Bonchev–Trinajstić information content (AvgIpc) is 2.51. The Kier molecular flexibility index (Phi) is 6.76.